The van der Waals surface area contributed by atoms with Gasteiger partial charge in [-0.25, -0.2) is 8.78 Å². The van der Waals surface area contributed by atoms with Crippen molar-refractivity contribution >= 4 is 29.0 Å². The molecule has 0 amide bonds. The molecule has 7 nitrogen and oxygen atoms in total. The largest absolute Gasteiger partial charge is 0.390 e. The minimum Gasteiger partial charge on any atom is -0.390 e. The van der Waals surface area contributed by atoms with Crippen molar-refractivity contribution in [2.24, 2.45) is 22.7 Å². The third kappa shape index (κ3) is 4.09. The van der Waals surface area contributed by atoms with Crippen LogP contribution in [0.25, 0.3) is 0 Å². The monoisotopic (exact) mass is 651 g/mol. The number of carbonyl (C=O) groups is 2. The molecule has 0 radical (unpaired) electrons. The predicted octanol–water partition coefficient (Wildman–Crippen LogP) is 5.70. The number of aliphatic hydroxyl groups is 2. The van der Waals surface area contributed by atoms with E-state index in [1.165, 1.54) is 12.2 Å². The Morgan fingerprint density at radius 3 is 2.33 bits per heavy atom. The molecule has 0 spiro atoms. The van der Waals surface area contributed by atoms with Crippen molar-refractivity contribution < 1.29 is 38.1 Å². The Morgan fingerprint density at radius 2 is 1.70 bits per heavy atom. The highest BCUT2D eigenvalue weighted by atomic mass is 32.2. The van der Waals surface area contributed by atoms with Crippen molar-refractivity contribution in [1.29, 1.82) is 0 Å². The fraction of sp³-hybridized carbons (Fsp3) is 0.500. The first-order valence-electron chi connectivity index (χ1n) is 15.8. The van der Waals surface area contributed by atoms with E-state index in [-0.39, 0.29) is 24.8 Å². The molecular weight excluding hydrogens is 612 g/mol. The lowest BCUT2D eigenvalue weighted by atomic mass is 9.44. The number of halogens is 2. The summed E-state index contributed by atoms with van der Waals surface area (Å²) in [5.41, 5.74) is -5.00. The fourth-order valence-electron chi connectivity index (χ4n) is 9.55. The van der Waals surface area contributed by atoms with E-state index in [0.29, 0.717) is 5.56 Å². The molecule has 1 aliphatic heterocycles. The highest BCUT2D eigenvalue weighted by Gasteiger charge is 2.81. The van der Waals surface area contributed by atoms with Crippen molar-refractivity contribution in [2.45, 2.75) is 85.3 Å². The Balaban J connectivity index is 1.22. The zero-order chi connectivity index (χ0) is 32.9. The molecule has 7 rings (SSSR count). The van der Waals surface area contributed by atoms with E-state index in [9.17, 15) is 19.8 Å². The van der Waals surface area contributed by atoms with Gasteiger partial charge in [-0.05, 0) is 93.2 Å². The quantitative estimate of drug-likeness (QED) is 0.366. The Kier molecular flexibility index (Phi) is 7.27. The number of anilines is 1. The number of allylic oxidation sites excluding steroid dienone is 4. The van der Waals surface area contributed by atoms with Crippen LogP contribution in [0.5, 0.6) is 0 Å². The van der Waals surface area contributed by atoms with Crippen molar-refractivity contribution in [1.82, 2.24) is 0 Å². The summed E-state index contributed by atoms with van der Waals surface area (Å²) in [6, 6.07) is 15.7. The van der Waals surface area contributed by atoms with Gasteiger partial charge < -0.3 is 25.0 Å². The molecule has 3 N–H and O–H groups in total. The van der Waals surface area contributed by atoms with Crippen LogP contribution in [-0.2, 0) is 24.8 Å². The molecule has 5 aliphatic rings. The smallest absolute Gasteiger partial charge is 0.193 e. The number of carbonyl (C=O) groups excluding carboxylic acids is 2. The first-order chi connectivity index (χ1) is 21.8. The predicted molar refractivity (Wildman–Crippen MR) is 169 cm³/mol. The van der Waals surface area contributed by atoms with Crippen molar-refractivity contribution in [3.63, 3.8) is 0 Å². The maximum atomic E-state index is 17.6. The zero-order valence-electron chi connectivity index (χ0n) is 26.3. The van der Waals surface area contributed by atoms with Gasteiger partial charge in [0.1, 0.15) is 12.8 Å². The molecule has 0 aromatic heterocycles. The molecule has 2 aromatic rings. The standard InChI is InChI=1S/C36H39F2NO6S/c1-32-14-13-22(41)15-27(32)28(37)16-26-25-17-31-36(30(43)19-40,33(25,2)18-29(42)35(26,32)38)45-34(3,44-31)20-5-9-23(10-6-20)46-24-11-7-21(39-4)8-12-24/h5-15,25-26,28-29,31,39-40,42H,16-19H2,1-4H3/t25?,26-,28-,29-,31+,32-,33-,34+,35-,36+/m0/s1. The van der Waals surface area contributed by atoms with E-state index in [1.807, 2.05) is 55.6 Å². The van der Waals surface area contributed by atoms with E-state index in [1.54, 1.807) is 32.5 Å². The fourth-order valence-corrected chi connectivity index (χ4v) is 10.4. The van der Waals surface area contributed by atoms with Gasteiger partial charge in [0.15, 0.2) is 28.6 Å². The zero-order valence-corrected chi connectivity index (χ0v) is 27.1. The Labute approximate surface area is 271 Å². The van der Waals surface area contributed by atoms with Gasteiger partial charge in [-0.15, -0.1) is 0 Å². The molecule has 244 valence electrons. The molecule has 1 heterocycles. The van der Waals surface area contributed by atoms with Crippen molar-refractivity contribution in [3.8, 4) is 0 Å². The molecule has 1 saturated heterocycles. The number of hydrogen-bond acceptors (Lipinski definition) is 8. The average molecular weight is 652 g/mol. The van der Waals surface area contributed by atoms with Gasteiger partial charge in [-0.3, -0.25) is 9.59 Å². The summed E-state index contributed by atoms with van der Waals surface area (Å²) in [6.45, 7) is 4.22. The lowest BCUT2D eigenvalue weighted by Gasteiger charge is -2.63. The van der Waals surface area contributed by atoms with Gasteiger partial charge in [0, 0.05) is 44.8 Å². The van der Waals surface area contributed by atoms with E-state index in [2.05, 4.69) is 5.32 Å². The Bertz CT molecular complexity index is 1650. The third-order valence-corrected chi connectivity index (χ3v) is 12.8. The molecule has 4 aliphatic carbocycles. The van der Waals surface area contributed by atoms with Gasteiger partial charge in [0.2, 0.25) is 0 Å². The molecule has 4 fully saturated rings. The number of ketones is 2. The van der Waals surface area contributed by atoms with Gasteiger partial charge in [-0.1, -0.05) is 36.9 Å². The highest BCUT2D eigenvalue weighted by molar-refractivity contribution is 7.99. The van der Waals surface area contributed by atoms with E-state index < -0.39 is 76.3 Å². The van der Waals surface area contributed by atoms with Crippen LogP contribution in [0, 0.1) is 22.7 Å². The Hall–Kier alpha value is -2.89. The van der Waals surface area contributed by atoms with Gasteiger partial charge in [-0.2, -0.15) is 0 Å². The summed E-state index contributed by atoms with van der Waals surface area (Å²) in [6.07, 6.45) is -0.522. The molecule has 1 unspecified atom stereocenters. The number of ether oxygens (including phenoxy) is 2. The van der Waals surface area contributed by atoms with Gasteiger partial charge in [0.25, 0.3) is 0 Å². The molecule has 46 heavy (non-hydrogen) atoms. The third-order valence-electron chi connectivity index (χ3n) is 11.8. The van der Waals surface area contributed by atoms with Gasteiger partial charge >= 0.3 is 0 Å². The maximum absolute atomic E-state index is 17.6. The summed E-state index contributed by atoms with van der Waals surface area (Å²) < 4.78 is 46.9. The first kappa shape index (κ1) is 31.7. The summed E-state index contributed by atoms with van der Waals surface area (Å²) in [4.78, 5) is 28.1. The molecular formula is C36H39F2NO6S. The molecule has 10 atom stereocenters. The maximum Gasteiger partial charge on any atom is 0.193 e. The van der Waals surface area contributed by atoms with Crippen LogP contribution >= 0.6 is 11.8 Å². The number of rotatable bonds is 6. The normalized spacial score (nSPS) is 42.5. The van der Waals surface area contributed by atoms with Crippen LogP contribution in [0.4, 0.5) is 14.5 Å². The van der Waals surface area contributed by atoms with Crippen LogP contribution in [0.1, 0.15) is 45.6 Å². The molecule has 3 saturated carbocycles. The van der Waals surface area contributed by atoms with Gasteiger partial charge in [0.05, 0.1) is 12.2 Å². The number of aliphatic hydroxyl groups excluding tert-OH is 2. The number of hydrogen-bond donors (Lipinski definition) is 3. The number of benzene rings is 2. The summed E-state index contributed by atoms with van der Waals surface area (Å²) in [7, 11) is 1.87. The first-order valence-corrected chi connectivity index (χ1v) is 16.6. The highest BCUT2D eigenvalue weighted by Crippen LogP contribution is 2.73. The Morgan fingerprint density at radius 1 is 1.04 bits per heavy atom. The molecule has 10 heteroatoms. The van der Waals surface area contributed by atoms with Crippen LogP contribution in [0.15, 0.2) is 82.1 Å². The second kappa shape index (κ2) is 10.6. The van der Waals surface area contributed by atoms with E-state index >= 15 is 8.78 Å². The average Bonchev–Trinajstić information content (AvgIpc) is 3.48. The van der Waals surface area contributed by atoms with Crippen LogP contribution in [0.2, 0.25) is 0 Å². The molecule has 2 aromatic carbocycles. The number of Topliss-reactive ketones (excluding diaryl/α,β-unsaturated/α-hetero) is 1. The topological polar surface area (TPSA) is 105 Å². The number of nitrogens with one attached hydrogen (secondary N) is 1. The van der Waals surface area contributed by atoms with Crippen LogP contribution in [0.3, 0.4) is 0 Å². The van der Waals surface area contributed by atoms with E-state index in [0.717, 1.165) is 21.6 Å². The van der Waals surface area contributed by atoms with Crippen molar-refractivity contribution in [3.05, 3.63) is 77.9 Å². The minimum atomic E-state index is -2.30. The lowest BCUT2D eigenvalue weighted by molar-refractivity contribution is -0.256. The number of alkyl halides is 2. The SMILES string of the molecule is CNc1ccc(Sc2ccc([C@]3(C)O[C@@H]4CC5[C@@H]6C[C@H](F)C7=CC(=O)C=C[C@]7(C)[C@@]6(F)[C@@H](O)C[C@]5(C)[C@]4(C(=O)CO)O3)cc2)cc1. The van der Waals surface area contributed by atoms with E-state index in [4.69, 9.17) is 9.47 Å². The summed E-state index contributed by atoms with van der Waals surface area (Å²) >= 11 is 1.60. The second-order valence-electron chi connectivity index (χ2n) is 14.0. The molecule has 0 bridgehead atoms. The number of fused-ring (bicyclic) bond motifs is 7. The van der Waals surface area contributed by atoms with Crippen LogP contribution in [-0.4, -0.2) is 65.1 Å². The van der Waals surface area contributed by atoms with Crippen LogP contribution < -0.4 is 5.32 Å². The minimum absolute atomic E-state index is 0.0393. The second-order valence-corrected chi connectivity index (χ2v) is 15.1. The lowest BCUT2D eigenvalue weighted by Crippen LogP contribution is -2.71. The summed E-state index contributed by atoms with van der Waals surface area (Å²) in [5.74, 6) is -4.00. The summed E-state index contributed by atoms with van der Waals surface area (Å²) in [5, 5.41) is 25.1. The van der Waals surface area contributed by atoms with Crippen molar-refractivity contribution in [2.75, 3.05) is 19.0 Å².